The zero-order valence-corrected chi connectivity index (χ0v) is 13.8. The average Bonchev–Trinajstić information content (AvgIpc) is 2.65. The monoisotopic (exact) mass is 338 g/mol. The molecule has 1 aromatic carbocycles. The van der Waals surface area contributed by atoms with Crippen molar-refractivity contribution in [2.45, 2.75) is 6.92 Å². The third-order valence-corrected chi connectivity index (χ3v) is 3.28. The summed E-state index contributed by atoms with van der Waals surface area (Å²) in [4.78, 5) is 31.9. The number of benzene rings is 1. The van der Waals surface area contributed by atoms with Crippen LogP contribution in [0.5, 0.6) is 0 Å². The zero-order chi connectivity index (χ0) is 18.1. The van der Waals surface area contributed by atoms with Crippen LogP contribution in [0.1, 0.15) is 30.5 Å². The van der Waals surface area contributed by atoms with Crippen molar-refractivity contribution >= 4 is 24.2 Å². The maximum absolute atomic E-state index is 12.2. The largest absolute Gasteiger partial charge is 0.322 e. The van der Waals surface area contributed by atoms with E-state index in [1.165, 1.54) is 6.20 Å². The van der Waals surface area contributed by atoms with E-state index < -0.39 is 0 Å². The summed E-state index contributed by atoms with van der Waals surface area (Å²) in [5.74, 6) is -0.532. The second-order valence-electron chi connectivity index (χ2n) is 4.96. The minimum Gasteiger partial charge on any atom is -0.322 e. The Balaban J connectivity index is 0.00000338. The fourth-order valence-electron chi connectivity index (χ4n) is 1.96. The second kappa shape index (κ2) is 8.93. The van der Waals surface area contributed by atoms with Crippen LogP contribution in [0.2, 0.25) is 0 Å². The van der Waals surface area contributed by atoms with E-state index in [4.69, 9.17) is 0 Å². The summed E-state index contributed by atoms with van der Waals surface area (Å²) in [5.41, 5.74) is 2.16. The Hall–Kier alpha value is -3.54. The van der Waals surface area contributed by atoms with Gasteiger partial charge >= 0.3 is 0 Å². The maximum Gasteiger partial charge on any atom is 0.255 e. The first-order valence-electron chi connectivity index (χ1n) is 7.55. The van der Waals surface area contributed by atoms with Gasteiger partial charge in [-0.15, -0.1) is 0 Å². The molecule has 0 aliphatic carbocycles. The summed E-state index contributed by atoms with van der Waals surface area (Å²) in [6.07, 6.45) is 8.07. The molecule has 2 aromatic rings. The van der Waals surface area contributed by atoms with Crippen molar-refractivity contribution in [1.29, 1.82) is 0 Å². The molecule has 0 saturated carbocycles. The van der Waals surface area contributed by atoms with Gasteiger partial charge in [0.25, 0.3) is 11.8 Å². The van der Waals surface area contributed by atoms with E-state index in [0.717, 1.165) is 0 Å². The topological polar surface area (TPSA) is 83.5 Å². The first-order chi connectivity index (χ1) is 12.1. The van der Waals surface area contributed by atoms with Crippen LogP contribution in [0.15, 0.2) is 77.8 Å². The Morgan fingerprint density at radius 2 is 1.68 bits per heavy atom. The van der Waals surface area contributed by atoms with Gasteiger partial charge in [-0.25, -0.2) is 0 Å². The normalized spacial score (nSPS) is 11.2. The van der Waals surface area contributed by atoms with E-state index in [-0.39, 0.29) is 14.7 Å². The molecule has 0 saturated heterocycles. The highest BCUT2D eigenvalue weighted by atomic mass is 16.2. The smallest absolute Gasteiger partial charge is 0.255 e. The molecule has 6 heteroatoms. The molecular formula is C19H22N4O2. The number of pyridine rings is 1. The van der Waals surface area contributed by atoms with E-state index in [2.05, 4.69) is 27.3 Å². The van der Waals surface area contributed by atoms with Gasteiger partial charge < -0.3 is 10.6 Å². The van der Waals surface area contributed by atoms with E-state index in [1.54, 1.807) is 67.9 Å². The lowest BCUT2D eigenvalue weighted by Crippen LogP contribution is -2.22. The Morgan fingerprint density at radius 3 is 2.24 bits per heavy atom. The van der Waals surface area contributed by atoms with Gasteiger partial charge in [-0.1, -0.05) is 6.08 Å². The highest BCUT2D eigenvalue weighted by molar-refractivity contribution is 6.05. The lowest BCUT2D eigenvalue weighted by atomic mass is 10.1. The Labute approximate surface area is 149 Å². The SMILES string of the molecule is C=N/C=C\C(=C/C)NC(=O)c1ccc(C(=O)Nc2ccncc2)cc1.[HH].[HH]. The summed E-state index contributed by atoms with van der Waals surface area (Å²) in [6, 6.07) is 9.79. The Kier molecular flexibility index (Phi) is 6.36. The third kappa shape index (κ3) is 5.24. The van der Waals surface area contributed by atoms with Crippen molar-refractivity contribution in [3.63, 3.8) is 0 Å². The number of aromatic nitrogens is 1. The lowest BCUT2D eigenvalue weighted by molar-refractivity contribution is 0.0964. The summed E-state index contributed by atoms with van der Waals surface area (Å²) < 4.78 is 0. The lowest BCUT2D eigenvalue weighted by Gasteiger charge is -2.07. The standard InChI is InChI=1S/C19H18N4O2.2H2/c1-3-16(8-11-20-2)22-18(24)14-4-6-15(7-5-14)19(25)23-17-9-12-21-13-10-17;;/h3-13H,2H2,1H3,(H,22,24)(H,21,23,25);2*1H/b11-8-,16-3+;;. The molecule has 1 aromatic heterocycles. The van der Waals surface area contributed by atoms with Crippen LogP contribution in [-0.4, -0.2) is 23.5 Å². The maximum atomic E-state index is 12.2. The highest BCUT2D eigenvalue weighted by Crippen LogP contribution is 2.10. The molecule has 0 radical (unpaired) electrons. The van der Waals surface area contributed by atoms with Gasteiger partial charge in [0.2, 0.25) is 0 Å². The molecule has 0 bridgehead atoms. The van der Waals surface area contributed by atoms with Crippen LogP contribution in [0.4, 0.5) is 5.69 Å². The number of anilines is 1. The number of hydrogen-bond acceptors (Lipinski definition) is 4. The summed E-state index contributed by atoms with van der Waals surface area (Å²) in [5, 5.41) is 5.50. The zero-order valence-electron chi connectivity index (χ0n) is 13.8. The molecule has 0 aliphatic heterocycles. The number of carbonyl (C=O) groups excluding carboxylic acids is 2. The Morgan fingerprint density at radius 1 is 1.08 bits per heavy atom. The van der Waals surface area contributed by atoms with Crippen molar-refractivity contribution < 1.29 is 12.4 Å². The van der Waals surface area contributed by atoms with Crippen molar-refractivity contribution in [1.82, 2.24) is 10.3 Å². The molecule has 2 rings (SSSR count). The number of rotatable bonds is 6. The first-order valence-corrected chi connectivity index (χ1v) is 7.55. The highest BCUT2D eigenvalue weighted by Gasteiger charge is 2.09. The first kappa shape index (κ1) is 17.8. The molecule has 1 heterocycles. The molecule has 0 spiro atoms. The molecule has 2 amide bonds. The van der Waals surface area contributed by atoms with Crippen molar-refractivity contribution in [3.8, 4) is 0 Å². The van der Waals surface area contributed by atoms with Gasteiger partial charge in [0.15, 0.2) is 0 Å². The second-order valence-corrected chi connectivity index (χ2v) is 4.96. The quantitative estimate of drug-likeness (QED) is 0.622. The van der Waals surface area contributed by atoms with Crippen molar-refractivity contribution in [2.75, 3.05) is 5.32 Å². The van der Waals surface area contributed by atoms with Crippen LogP contribution in [0.25, 0.3) is 0 Å². The molecule has 6 nitrogen and oxygen atoms in total. The van der Waals surface area contributed by atoms with Gasteiger partial charge in [0.1, 0.15) is 0 Å². The molecule has 0 aliphatic rings. The summed E-state index contributed by atoms with van der Waals surface area (Å²) in [7, 11) is 0. The minimum absolute atomic E-state index is 0. The van der Waals surface area contributed by atoms with Gasteiger partial charge in [0.05, 0.1) is 0 Å². The molecule has 0 unspecified atom stereocenters. The third-order valence-electron chi connectivity index (χ3n) is 3.28. The van der Waals surface area contributed by atoms with Crippen LogP contribution >= 0.6 is 0 Å². The minimum atomic E-state index is -0.275. The number of amides is 2. The van der Waals surface area contributed by atoms with Crippen molar-refractivity contribution in [2.24, 2.45) is 4.99 Å². The van der Waals surface area contributed by atoms with Gasteiger partial charge in [0, 0.05) is 44.0 Å². The molecule has 0 atom stereocenters. The summed E-state index contributed by atoms with van der Waals surface area (Å²) in [6.45, 7) is 5.14. The molecule has 130 valence electrons. The van der Waals surface area contributed by atoms with Crippen molar-refractivity contribution in [3.05, 3.63) is 84.0 Å². The van der Waals surface area contributed by atoms with Gasteiger partial charge in [-0.3, -0.25) is 19.6 Å². The van der Waals surface area contributed by atoms with E-state index in [1.807, 2.05) is 0 Å². The van der Waals surface area contributed by atoms with Gasteiger partial charge in [-0.05, 0) is 56.1 Å². The van der Waals surface area contributed by atoms with E-state index in [9.17, 15) is 9.59 Å². The number of carbonyl (C=O) groups is 2. The fraction of sp³-hybridized carbons (Fsp3) is 0.0526. The number of allylic oxidation sites excluding steroid dienone is 2. The van der Waals surface area contributed by atoms with Crippen LogP contribution in [0, 0.1) is 0 Å². The van der Waals surface area contributed by atoms with Crippen LogP contribution in [-0.2, 0) is 0 Å². The molecule has 25 heavy (non-hydrogen) atoms. The fourth-order valence-corrected chi connectivity index (χ4v) is 1.96. The van der Waals surface area contributed by atoms with Crippen LogP contribution < -0.4 is 10.6 Å². The molecule has 2 N–H and O–H groups in total. The predicted molar refractivity (Wildman–Crippen MR) is 103 cm³/mol. The molecular weight excluding hydrogens is 316 g/mol. The number of nitrogens with one attached hydrogen (secondary N) is 2. The number of aliphatic imine (C=N–C) groups is 1. The van der Waals surface area contributed by atoms with Crippen LogP contribution in [0.3, 0.4) is 0 Å². The number of nitrogens with zero attached hydrogens (tertiary/aromatic N) is 2. The van der Waals surface area contributed by atoms with E-state index >= 15 is 0 Å². The predicted octanol–water partition coefficient (Wildman–Crippen LogP) is 3.67. The van der Waals surface area contributed by atoms with E-state index in [0.29, 0.717) is 22.5 Å². The van der Waals surface area contributed by atoms with Gasteiger partial charge in [-0.2, -0.15) is 0 Å². The Bertz CT molecular complexity index is 819. The molecule has 0 fully saturated rings. The summed E-state index contributed by atoms with van der Waals surface area (Å²) >= 11 is 0. The average molecular weight is 338 g/mol. The number of hydrogen-bond donors (Lipinski definition) is 2.